The number of nitrogens with two attached hydrogens (primary N) is 1. The first-order valence-corrected chi connectivity index (χ1v) is 9.83. The summed E-state index contributed by atoms with van der Waals surface area (Å²) in [6, 6.07) is 10.5. The van der Waals surface area contributed by atoms with Crippen LogP contribution in [-0.2, 0) is 16.0 Å². The van der Waals surface area contributed by atoms with Crippen molar-refractivity contribution in [1.82, 2.24) is 9.88 Å². The Morgan fingerprint density at radius 3 is 2.48 bits per heavy atom. The van der Waals surface area contributed by atoms with E-state index in [1.165, 1.54) is 11.7 Å². The lowest BCUT2D eigenvalue weighted by Gasteiger charge is -2.09. The molecule has 0 saturated heterocycles. The third-order valence-electron chi connectivity index (χ3n) is 4.97. The molecule has 0 bridgehead atoms. The maximum atomic E-state index is 13.2. The third-order valence-corrected chi connectivity index (χ3v) is 5.22. The van der Waals surface area contributed by atoms with Gasteiger partial charge >= 0.3 is 0 Å². The van der Waals surface area contributed by atoms with Crippen LogP contribution in [0, 0.1) is 6.92 Å². The molecule has 9 heteroatoms. The summed E-state index contributed by atoms with van der Waals surface area (Å²) < 4.78 is 6.81. The quantitative estimate of drug-likeness (QED) is 0.533. The third kappa shape index (κ3) is 4.61. The molecule has 2 amide bonds. The molecule has 2 aromatic carbocycles. The summed E-state index contributed by atoms with van der Waals surface area (Å²) in [4.78, 5) is 37.6. The van der Waals surface area contributed by atoms with Gasteiger partial charge in [0.25, 0.3) is 5.91 Å². The van der Waals surface area contributed by atoms with Crippen LogP contribution in [0.1, 0.15) is 21.6 Å². The van der Waals surface area contributed by atoms with Crippen molar-refractivity contribution < 1.29 is 24.2 Å². The largest absolute Gasteiger partial charge is 0.497 e. The fourth-order valence-electron chi connectivity index (χ4n) is 3.31. The number of imide groups is 1. The average molecular weight is 444 g/mol. The molecule has 0 aliphatic rings. The lowest BCUT2D eigenvalue weighted by molar-refractivity contribution is -0.131. The predicted molar refractivity (Wildman–Crippen MR) is 116 cm³/mol. The van der Waals surface area contributed by atoms with E-state index in [0.717, 1.165) is 0 Å². The number of halogens is 1. The van der Waals surface area contributed by atoms with Gasteiger partial charge in [-0.1, -0.05) is 11.6 Å². The number of carbonyl (C=O) groups excluding carboxylic acids is 3. The SMILES string of the molecule is COc1ccc2c(c1)c(CC(=O)NC(=O)[C@@H](N)CO)c(C)n2C(=O)c1ccc(Cl)cc1. The molecule has 0 aliphatic heterocycles. The molecule has 1 atom stereocenters. The summed E-state index contributed by atoms with van der Waals surface area (Å²) in [6.45, 7) is 1.15. The summed E-state index contributed by atoms with van der Waals surface area (Å²) in [5, 5.41) is 12.3. The van der Waals surface area contributed by atoms with Crippen LogP contribution in [0.4, 0.5) is 0 Å². The molecule has 0 spiro atoms. The zero-order chi connectivity index (χ0) is 22.7. The van der Waals surface area contributed by atoms with E-state index in [9.17, 15) is 14.4 Å². The molecule has 0 unspecified atom stereocenters. The Morgan fingerprint density at radius 1 is 1.19 bits per heavy atom. The fourth-order valence-corrected chi connectivity index (χ4v) is 3.44. The maximum absolute atomic E-state index is 13.2. The van der Waals surface area contributed by atoms with Gasteiger partial charge in [-0.05, 0) is 55.0 Å². The lowest BCUT2D eigenvalue weighted by atomic mass is 10.1. The smallest absolute Gasteiger partial charge is 0.262 e. The molecule has 31 heavy (non-hydrogen) atoms. The standard InChI is InChI=1S/C22H22ClN3O5/c1-12-16(10-20(28)25-21(29)18(24)11-27)17-9-15(31-2)7-8-19(17)26(12)22(30)13-3-5-14(23)6-4-13/h3-9,18,27H,10-11,24H2,1-2H3,(H,25,28,29)/t18-/m0/s1. The first-order chi connectivity index (χ1) is 14.8. The molecular formula is C22H22ClN3O5. The van der Waals surface area contributed by atoms with Crippen LogP contribution in [0.2, 0.25) is 5.02 Å². The highest BCUT2D eigenvalue weighted by Gasteiger charge is 2.23. The second kappa shape index (κ2) is 9.30. The summed E-state index contributed by atoms with van der Waals surface area (Å²) in [7, 11) is 1.52. The summed E-state index contributed by atoms with van der Waals surface area (Å²) in [5.74, 6) is -1.10. The number of methoxy groups -OCH3 is 1. The number of rotatable bonds is 6. The summed E-state index contributed by atoms with van der Waals surface area (Å²) >= 11 is 5.93. The van der Waals surface area contributed by atoms with Crippen LogP contribution in [0.3, 0.4) is 0 Å². The fraction of sp³-hybridized carbons (Fsp3) is 0.227. The van der Waals surface area contributed by atoms with E-state index in [4.69, 9.17) is 27.2 Å². The van der Waals surface area contributed by atoms with Crippen LogP contribution in [0.5, 0.6) is 5.75 Å². The molecule has 0 radical (unpaired) electrons. The van der Waals surface area contributed by atoms with Gasteiger partial charge in [-0.25, -0.2) is 0 Å². The number of aromatic nitrogens is 1. The number of hydrogen-bond acceptors (Lipinski definition) is 6. The van der Waals surface area contributed by atoms with Crippen molar-refractivity contribution in [3.8, 4) is 5.75 Å². The Balaban J connectivity index is 2.05. The number of nitrogens with zero attached hydrogens (tertiary/aromatic N) is 1. The molecule has 8 nitrogen and oxygen atoms in total. The van der Waals surface area contributed by atoms with Crippen molar-refractivity contribution in [3.05, 3.63) is 64.3 Å². The van der Waals surface area contributed by atoms with E-state index in [1.807, 2.05) is 0 Å². The van der Waals surface area contributed by atoms with Gasteiger partial charge in [0.05, 0.1) is 25.7 Å². The highest BCUT2D eigenvalue weighted by molar-refractivity contribution is 6.30. The zero-order valence-corrected chi connectivity index (χ0v) is 17.8. The molecule has 0 saturated carbocycles. The Labute approximate surface area is 183 Å². The Hall–Kier alpha value is -3.20. The summed E-state index contributed by atoms with van der Waals surface area (Å²) in [6.07, 6.45) is -0.166. The minimum Gasteiger partial charge on any atom is -0.497 e. The van der Waals surface area contributed by atoms with Gasteiger partial charge in [0, 0.05) is 21.7 Å². The number of ether oxygens (including phenoxy) is 1. The number of aliphatic hydroxyl groups is 1. The van der Waals surface area contributed by atoms with Crippen molar-refractivity contribution in [3.63, 3.8) is 0 Å². The monoisotopic (exact) mass is 443 g/mol. The maximum Gasteiger partial charge on any atom is 0.262 e. The van der Waals surface area contributed by atoms with Crippen molar-refractivity contribution in [2.75, 3.05) is 13.7 Å². The Kier molecular flexibility index (Phi) is 6.74. The molecule has 0 fully saturated rings. The normalized spacial score (nSPS) is 11.9. The van der Waals surface area contributed by atoms with Gasteiger partial charge in [0.15, 0.2) is 0 Å². The van der Waals surface area contributed by atoms with Crippen LogP contribution < -0.4 is 15.8 Å². The van der Waals surface area contributed by atoms with E-state index in [1.54, 1.807) is 49.4 Å². The highest BCUT2D eigenvalue weighted by atomic mass is 35.5. The van der Waals surface area contributed by atoms with Crippen LogP contribution in [0.25, 0.3) is 10.9 Å². The average Bonchev–Trinajstić information content (AvgIpc) is 3.03. The first kappa shape index (κ1) is 22.5. The van der Waals surface area contributed by atoms with Crippen molar-refractivity contribution in [2.45, 2.75) is 19.4 Å². The minimum atomic E-state index is -1.20. The van der Waals surface area contributed by atoms with Gasteiger partial charge in [0.2, 0.25) is 11.8 Å². The van der Waals surface area contributed by atoms with E-state index in [0.29, 0.717) is 38.5 Å². The molecule has 1 aromatic heterocycles. The van der Waals surface area contributed by atoms with Gasteiger partial charge in [-0.2, -0.15) is 0 Å². The topological polar surface area (TPSA) is 124 Å². The first-order valence-electron chi connectivity index (χ1n) is 9.45. The molecule has 4 N–H and O–H groups in total. The molecule has 3 aromatic rings. The second-order valence-electron chi connectivity index (χ2n) is 6.97. The number of amides is 2. The number of fused-ring (bicyclic) bond motifs is 1. The number of carbonyl (C=O) groups is 3. The van der Waals surface area contributed by atoms with E-state index in [2.05, 4.69) is 5.32 Å². The summed E-state index contributed by atoms with van der Waals surface area (Å²) in [5.41, 5.74) is 7.60. The van der Waals surface area contributed by atoms with Crippen molar-refractivity contribution >= 4 is 40.2 Å². The molecule has 1 heterocycles. The van der Waals surface area contributed by atoms with Crippen molar-refractivity contribution in [1.29, 1.82) is 0 Å². The van der Waals surface area contributed by atoms with Gasteiger partial charge in [-0.15, -0.1) is 0 Å². The molecule has 3 rings (SSSR count). The van der Waals surface area contributed by atoms with Gasteiger partial charge in [0.1, 0.15) is 11.8 Å². The lowest BCUT2D eigenvalue weighted by Crippen LogP contribution is -2.45. The molecule has 162 valence electrons. The van der Waals surface area contributed by atoms with Crippen LogP contribution in [0.15, 0.2) is 42.5 Å². The number of nitrogens with one attached hydrogen (secondary N) is 1. The Bertz CT molecular complexity index is 1150. The van der Waals surface area contributed by atoms with Gasteiger partial charge < -0.3 is 15.6 Å². The number of aliphatic hydroxyl groups excluding tert-OH is 1. The molecular weight excluding hydrogens is 422 g/mol. The Morgan fingerprint density at radius 2 is 1.87 bits per heavy atom. The number of hydrogen-bond donors (Lipinski definition) is 3. The molecule has 0 aliphatic carbocycles. The van der Waals surface area contributed by atoms with E-state index >= 15 is 0 Å². The van der Waals surface area contributed by atoms with Crippen molar-refractivity contribution in [2.24, 2.45) is 5.73 Å². The minimum absolute atomic E-state index is 0.166. The highest BCUT2D eigenvalue weighted by Crippen LogP contribution is 2.30. The van der Waals surface area contributed by atoms with E-state index < -0.39 is 24.5 Å². The zero-order valence-electron chi connectivity index (χ0n) is 17.0. The second-order valence-corrected chi connectivity index (χ2v) is 7.41. The van der Waals surface area contributed by atoms with Gasteiger partial charge in [-0.3, -0.25) is 24.3 Å². The van der Waals surface area contributed by atoms with Crippen LogP contribution in [-0.4, -0.2) is 47.2 Å². The van der Waals surface area contributed by atoms with Crippen LogP contribution >= 0.6 is 11.6 Å². The predicted octanol–water partition coefficient (Wildman–Crippen LogP) is 1.81. The number of benzene rings is 2. The van der Waals surface area contributed by atoms with E-state index in [-0.39, 0.29) is 12.3 Å².